The van der Waals surface area contributed by atoms with Crippen molar-refractivity contribution in [1.82, 2.24) is 0 Å². The van der Waals surface area contributed by atoms with Crippen molar-refractivity contribution in [1.29, 1.82) is 0 Å². The highest BCUT2D eigenvalue weighted by Gasteiger charge is 2.16. The van der Waals surface area contributed by atoms with Crippen LogP contribution in [0, 0.1) is 6.92 Å². The van der Waals surface area contributed by atoms with Gasteiger partial charge >= 0.3 is 0 Å². The fourth-order valence-corrected chi connectivity index (χ4v) is 3.11. The van der Waals surface area contributed by atoms with Crippen LogP contribution in [-0.2, 0) is 10.5 Å². The summed E-state index contributed by atoms with van der Waals surface area (Å²) in [5, 5.41) is 2.72. The molecule has 0 radical (unpaired) electrons. The van der Waals surface area contributed by atoms with Gasteiger partial charge in [0.15, 0.2) is 11.5 Å². The maximum atomic E-state index is 12.2. The maximum Gasteiger partial charge on any atom is 0.250 e. The molecule has 0 unspecified atom stereocenters. The smallest absolute Gasteiger partial charge is 0.250 e. The molecule has 0 heterocycles. The van der Waals surface area contributed by atoms with Crippen molar-refractivity contribution < 1.29 is 19.1 Å². The van der Waals surface area contributed by atoms with E-state index in [9.17, 15) is 9.59 Å². The SMILES string of the molecule is COc1cc(NC(=O)CSCc2ccc(C)cc2)c(C(N)=O)cc1OC. The topological polar surface area (TPSA) is 90.6 Å². The molecule has 0 spiro atoms. The van der Waals surface area contributed by atoms with Gasteiger partial charge in [-0.1, -0.05) is 29.8 Å². The van der Waals surface area contributed by atoms with Crippen molar-refractivity contribution in [3.05, 3.63) is 53.1 Å². The first-order chi connectivity index (χ1) is 12.4. The van der Waals surface area contributed by atoms with Gasteiger partial charge < -0.3 is 20.5 Å². The van der Waals surface area contributed by atoms with E-state index in [1.807, 2.05) is 31.2 Å². The van der Waals surface area contributed by atoms with E-state index in [0.29, 0.717) is 17.2 Å². The zero-order valence-electron chi connectivity index (χ0n) is 15.0. The first kappa shape index (κ1) is 19.7. The van der Waals surface area contributed by atoms with Gasteiger partial charge in [-0.2, -0.15) is 0 Å². The number of hydrogen-bond donors (Lipinski definition) is 2. The van der Waals surface area contributed by atoms with Gasteiger partial charge in [-0.15, -0.1) is 11.8 Å². The van der Waals surface area contributed by atoms with Gasteiger partial charge in [0.05, 0.1) is 31.2 Å². The average Bonchev–Trinajstić information content (AvgIpc) is 2.62. The zero-order chi connectivity index (χ0) is 19.1. The molecule has 6 nitrogen and oxygen atoms in total. The molecule has 0 aliphatic carbocycles. The summed E-state index contributed by atoms with van der Waals surface area (Å²) >= 11 is 1.49. The lowest BCUT2D eigenvalue weighted by Gasteiger charge is -2.14. The number of rotatable bonds is 8. The maximum absolute atomic E-state index is 12.2. The van der Waals surface area contributed by atoms with Crippen molar-refractivity contribution >= 4 is 29.3 Å². The summed E-state index contributed by atoms with van der Waals surface area (Å²) in [6.45, 7) is 2.03. The van der Waals surface area contributed by atoms with Gasteiger partial charge in [0.2, 0.25) is 5.91 Å². The Bertz CT molecular complexity index is 791. The highest BCUT2D eigenvalue weighted by molar-refractivity contribution is 7.99. The molecule has 0 aliphatic heterocycles. The summed E-state index contributed by atoms with van der Waals surface area (Å²) in [5.74, 6) is 0.862. The van der Waals surface area contributed by atoms with E-state index in [2.05, 4.69) is 5.32 Å². The van der Waals surface area contributed by atoms with E-state index < -0.39 is 5.91 Å². The normalized spacial score (nSPS) is 10.3. The number of primary amides is 1. The third kappa shape index (κ3) is 5.16. The zero-order valence-corrected chi connectivity index (χ0v) is 15.8. The highest BCUT2D eigenvalue weighted by atomic mass is 32.2. The second-order valence-electron chi connectivity index (χ2n) is 5.64. The van der Waals surface area contributed by atoms with Crippen molar-refractivity contribution in [3.8, 4) is 11.5 Å². The highest BCUT2D eigenvalue weighted by Crippen LogP contribution is 2.33. The molecular formula is C19H22N2O4S. The lowest BCUT2D eigenvalue weighted by atomic mass is 10.1. The van der Waals surface area contributed by atoms with Crippen LogP contribution in [0.4, 0.5) is 5.69 Å². The predicted molar refractivity (Wildman–Crippen MR) is 104 cm³/mol. The Morgan fingerprint density at radius 1 is 1.08 bits per heavy atom. The minimum absolute atomic E-state index is 0.166. The van der Waals surface area contributed by atoms with Crippen LogP contribution in [-0.4, -0.2) is 31.8 Å². The molecule has 2 aromatic carbocycles. The van der Waals surface area contributed by atoms with Crippen LogP contribution >= 0.6 is 11.8 Å². The number of aryl methyl sites for hydroxylation is 1. The number of hydrogen-bond acceptors (Lipinski definition) is 5. The lowest BCUT2D eigenvalue weighted by Crippen LogP contribution is -2.20. The van der Waals surface area contributed by atoms with E-state index in [1.165, 1.54) is 43.7 Å². The summed E-state index contributed by atoms with van der Waals surface area (Å²) < 4.78 is 10.4. The summed E-state index contributed by atoms with van der Waals surface area (Å²) in [4.78, 5) is 23.9. The molecule has 0 bridgehead atoms. The first-order valence-electron chi connectivity index (χ1n) is 7.93. The number of carbonyl (C=O) groups excluding carboxylic acids is 2. The minimum atomic E-state index is -0.659. The number of anilines is 1. The fourth-order valence-electron chi connectivity index (χ4n) is 2.32. The van der Waals surface area contributed by atoms with Gasteiger partial charge in [0.1, 0.15) is 0 Å². The van der Waals surface area contributed by atoms with Crippen LogP contribution in [0.1, 0.15) is 21.5 Å². The Morgan fingerprint density at radius 3 is 2.27 bits per heavy atom. The molecule has 0 aliphatic rings. The number of ether oxygens (including phenoxy) is 2. The largest absolute Gasteiger partial charge is 0.493 e. The Labute approximate surface area is 157 Å². The predicted octanol–water partition coefficient (Wildman–Crippen LogP) is 2.98. The monoisotopic (exact) mass is 374 g/mol. The van der Waals surface area contributed by atoms with Crippen LogP contribution in [0.3, 0.4) is 0 Å². The molecule has 2 aromatic rings. The minimum Gasteiger partial charge on any atom is -0.493 e. The van der Waals surface area contributed by atoms with E-state index in [1.54, 1.807) is 0 Å². The summed E-state index contributed by atoms with van der Waals surface area (Å²) in [7, 11) is 2.94. The van der Waals surface area contributed by atoms with Crippen molar-refractivity contribution in [2.45, 2.75) is 12.7 Å². The molecule has 0 saturated carbocycles. The van der Waals surface area contributed by atoms with Gasteiger partial charge in [-0.3, -0.25) is 9.59 Å². The number of thioether (sulfide) groups is 1. The van der Waals surface area contributed by atoms with Crippen LogP contribution in [0.25, 0.3) is 0 Å². The second kappa shape index (κ2) is 9.15. The molecule has 0 aromatic heterocycles. The van der Waals surface area contributed by atoms with Crippen LogP contribution in [0.2, 0.25) is 0 Å². The van der Waals surface area contributed by atoms with E-state index in [4.69, 9.17) is 15.2 Å². The summed E-state index contributed by atoms with van der Waals surface area (Å²) in [6.07, 6.45) is 0. The summed E-state index contributed by atoms with van der Waals surface area (Å²) in [5.41, 5.74) is 8.22. The van der Waals surface area contributed by atoms with Crippen LogP contribution < -0.4 is 20.5 Å². The number of benzene rings is 2. The molecule has 0 saturated heterocycles. The van der Waals surface area contributed by atoms with Gasteiger partial charge in [0, 0.05) is 11.8 Å². The Hall–Kier alpha value is -2.67. The quantitative estimate of drug-likeness (QED) is 0.741. The number of carbonyl (C=O) groups is 2. The van der Waals surface area contributed by atoms with Crippen molar-refractivity contribution in [2.24, 2.45) is 5.73 Å². The van der Waals surface area contributed by atoms with Gasteiger partial charge in [-0.25, -0.2) is 0 Å². The first-order valence-corrected chi connectivity index (χ1v) is 9.09. The van der Waals surface area contributed by atoms with Crippen molar-refractivity contribution in [2.75, 3.05) is 25.3 Å². The van der Waals surface area contributed by atoms with Crippen LogP contribution in [0.5, 0.6) is 11.5 Å². The molecule has 0 fully saturated rings. The molecular weight excluding hydrogens is 352 g/mol. The molecule has 7 heteroatoms. The fraction of sp³-hybridized carbons (Fsp3) is 0.263. The lowest BCUT2D eigenvalue weighted by molar-refractivity contribution is -0.113. The van der Waals surface area contributed by atoms with E-state index in [0.717, 1.165) is 11.3 Å². The Morgan fingerprint density at radius 2 is 1.69 bits per heavy atom. The molecule has 2 amide bonds. The molecule has 2 rings (SSSR count). The molecule has 0 atom stereocenters. The van der Waals surface area contributed by atoms with E-state index in [-0.39, 0.29) is 17.2 Å². The Kier molecular flexibility index (Phi) is 6.91. The number of nitrogens with one attached hydrogen (secondary N) is 1. The number of amides is 2. The second-order valence-corrected chi connectivity index (χ2v) is 6.63. The Balaban J connectivity index is 2.03. The van der Waals surface area contributed by atoms with E-state index >= 15 is 0 Å². The molecule has 3 N–H and O–H groups in total. The van der Waals surface area contributed by atoms with Gasteiger partial charge in [-0.05, 0) is 18.6 Å². The van der Waals surface area contributed by atoms with Crippen molar-refractivity contribution in [3.63, 3.8) is 0 Å². The standard InChI is InChI=1S/C19H22N2O4S/c1-12-4-6-13(7-5-12)10-26-11-18(22)21-15-9-17(25-3)16(24-2)8-14(15)19(20)23/h4-9H,10-11H2,1-3H3,(H2,20,23)(H,21,22). The molecule has 138 valence electrons. The number of methoxy groups -OCH3 is 2. The molecule has 26 heavy (non-hydrogen) atoms. The van der Waals surface area contributed by atoms with Gasteiger partial charge in [0.25, 0.3) is 5.91 Å². The third-order valence-corrected chi connectivity index (χ3v) is 4.69. The average molecular weight is 374 g/mol. The van der Waals surface area contributed by atoms with Crippen LogP contribution in [0.15, 0.2) is 36.4 Å². The third-order valence-electron chi connectivity index (χ3n) is 3.69. The number of nitrogens with two attached hydrogens (primary N) is 1. The summed E-state index contributed by atoms with van der Waals surface area (Å²) in [6, 6.07) is 11.1.